The van der Waals surface area contributed by atoms with E-state index in [1.807, 2.05) is 13.8 Å². The van der Waals surface area contributed by atoms with Gasteiger partial charge in [-0.15, -0.1) is 0 Å². The molecular formula is C14H15NO3. The van der Waals surface area contributed by atoms with E-state index in [1.165, 1.54) is 0 Å². The highest BCUT2D eigenvalue weighted by Crippen LogP contribution is 2.28. The van der Waals surface area contributed by atoms with Crippen molar-refractivity contribution >= 4 is 17.3 Å². The van der Waals surface area contributed by atoms with Gasteiger partial charge < -0.3 is 4.84 Å². The largest absolute Gasteiger partial charge is 0.396 e. The predicted octanol–water partition coefficient (Wildman–Crippen LogP) is 2.48. The third kappa shape index (κ3) is 1.94. The Balaban J connectivity index is 2.38. The molecule has 18 heavy (non-hydrogen) atoms. The molecule has 0 amide bonds. The summed E-state index contributed by atoms with van der Waals surface area (Å²) in [7, 11) is 0. The molecule has 1 aliphatic rings. The number of benzene rings is 1. The van der Waals surface area contributed by atoms with E-state index >= 15 is 0 Å². The summed E-state index contributed by atoms with van der Waals surface area (Å²) in [4.78, 5) is 29.4. The van der Waals surface area contributed by atoms with Crippen molar-refractivity contribution in [2.75, 3.05) is 6.61 Å². The van der Waals surface area contributed by atoms with Crippen LogP contribution >= 0.6 is 0 Å². The Labute approximate surface area is 106 Å². The van der Waals surface area contributed by atoms with Crippen LogP contribution in [0, 0.1) is 5.92 Å². The summed E-state index contributed by atoms with van der Waals surface area (Å²) >= 11 is 0. The van der Waals surface area contributed by atoms with Gasteiger partial charge in [0, 0.05) is 11.1 Å². The summed E-state index contributed by atoms with van der Waals surface area (Å²) in [6.07, 6.45) is 0.524. The van der Waals surface area contributed by atoms with Crippen LogP contribution in [-0.2, 0) is 4.84 Å². The lowest BCUT2D eigenvalue weighted by Crippen LogP contribution is -2.25. The van der Waals surface area contributed by atoms with Crippen LogP contribution in [0.3, 0.4) is 0 Å². The lowest BCUT2D eigenvalue weighted by atomic mass is 9.96. The second kappa shape index (κ2) is 5.12. The van der Waals surface area contributed by atoms with Crippen LogP contribution in [-0.4, -0.2) is 23.9 Å². The summed E-state index contributed by atoms with van der Waals surface area (Å²) in [6, 6.07) is 6.89. The molecule has 0 aliphatic heterocycles. The molecule has 4 nitrogen and oxygen atoms in total. The molecule has 0 radical (unpaired) electrons. The molecule has 1 aromatic rings. The number of fused-ring (bicyclic) bond motifs is 1. The molecule has 0 atom stereocenters. The molecule has 1 aromatic carbocycles. The topological polar surface area (TPSA) is 55.7 Å². The summed E-state index contributed by atoms with van der Waals surface area (Å²) in [6.45, 7) is 4.09. The summed E-state index contributed by atoms with van der Waals surface area (Å²) < 4.78 is 0. The Morgan fingerprint density at radius 3 is 2.17 bits per heavy atom. The maximum absolute atomic E-state index is 12.2. The number of carbonyl (C=O) groups is 2. The number of nitrogens with zero attached hydrogens (tertiary/aromatic N) is 1. The second-order valence-corrected chi connectivity index (χ2v) is 4.06. The zero-order chi connectivity index (χ0) is 13.1. The maximum atomic E-state index is 12.2. The van der Waals surface area contributed by atoms with Crippen LogP contribution in [0.15, 0.2) is 29.4 Å². The van der Waals surface area contributed by atoms with Crippen molar-refractivity contribution in [3.8, 4) is 0 Å². The Bertz CT molecular complexity index is 485. The van der Waals surface area contributed by atoms with Crippen molar-refractivity contribution in [2.45, 2.75) is 20.3 Å². The van der Waals surface area contributed by atoms with Crippen LogP contribution < -0.4 is 0 Å². The van der Waals surface area contributed by atoms with E-state index in [9.17, 15) is 9.59 Å². The quantitative estimate of drug-likeness (QED) is 0.465. The first-order valence-corrected chi connectivity index (χ1v) is 6.06. The van der Waals surface area contributed by atoms with Gasteiger partial charge in [-0.2, -0.15) is 0 Å². The van der Waals surface area contributed by atoms with E-state index in [0.717, 1.165) is 0 Å². The average molecular weight is 245 g/mol. The van der Waals surface area contributed by atoms with Gasteiger partial charge in [0.2, 0.25) is 0 Å². The van der Waals surface area contributed by atoms with Gasteiger partial charge in [-0.3, -0.25) is 9.59 Å². The molecule has 0 N–H and O–H groups in total. The van der Waals surface area contributed by atoms with Crippen molar-refractivity contribution in [2.24, 2.45) is 11.1 Å². The van der Waals surface area contributed by atoms with Gasteiger partial charge in [-0.1, -0.05) is 36.3 Å². The van der Waals surface area contributed by atoms with E-state index in [-0.39, 0.29) is 11.6 Å². The summed E-state index contributed by atoms with van der Waals surface area (Å²) in [5.74, 6) is -1.13. The average Bonchev–Trinajstić information content (AvgIpc) is 2.65. The highest BCUT2D eigenvalue weighted by molar-refractivity contribution is 6.36. The Kier molecular flexibility index (Phi) is 3.55. The van der Waals surface area contributed by atoms with Gasteiger partial charge in [0.1, 0.15) is 12.5 Å². The van der Waals surface area contributed by atoms with Crippen molar-refractivity contribution in [3.05, 3.63) is 35.4 Å². The minimum Gasteiger partial charge on any atom is -0.396 e. The molecule has 0 saturated carbocycles. The van der Waals surface area contributed by atoms with Crippen molar-refractivity contribution in [1.82, 2.24) is 0 Å². The van der Waals surface area contributed by atoms with E-state index in [4.69, 9.17) is 4.84 Å². The Morgan fingerprint density at radius 1 is 1.17 bits per heavy atom. The summed E-state index contributed by atoms with van der Waals surface area (Å²) in [5.41, 5.74) is 1.48. The van der Waals surface area contributed by atoms with E-state index in [1.54, 1.807) is 24.3 Å². The Morgan fingerprint density at radius 2 is 1.72 bits per heavy atom. The molecular weight excluding hydrogens is 230 g/mol. The Hall–Kier alpha value is -1.97. The number of oxime groups is 1. The third-order valence-electron chi connectivity index (χ3n) is 2.99. The smallest absolute Gasteiger partial charge is 0.180 e. The first-order valence-electron chi connectivity index (χ1n) is 6.06. The van der Waals surface area contributed by atoms with Gasteiger partial charge in [0.05, 0.1) is 5.71 Å². The number of carbonyl (C=O) groups excluding carboxylic acids is 2. The van der Waals surface area contributed by atoms with Gasteiger partial charge >= 0.3 is 0 Å². The zero-order valence-electron chi connectivity index (χ0n) is 10.5. The molecule has 0 unspecified atom stereocenters. The molecule has 0 saturated heterocycles. The molecule has 0 bridgehead atoms. The second-order valence-electron chi connectivity index (χ2n) is 4.06. The van der Waals surface area contributed by atoms with Crippen molar-refractivity contribution < 1.29 is 14.4 Å². The molecule has 0 aromatic heterocycles. The molecule has 94 valence electrons. The van der Waals surface area contributed by atoms with Crippen molar-refractivity contribution in [1.29, 1.82) is 0 Å². The fraction of sp³-hybridized carbons (Fsp3) is 0.357. The number of Topliss-reactive ketones (excluding diaryl/α,β-unsaturated/α-hetero) is 2. The SMILES string of the molecule is CCO/N=C(/CC)C1C(=O)c2ccccc2C1=O. The maximum Gasteiger partial charge on any atom is 0.180 e. The molecule has 4 heteroatoms. The van der Waals surface area contributed by atoms with E-state index < -0.39 is 5.92 Å². The van der Waals surface area contributed by atoms with E-state index in [0.29, 0.717) is 29.9 Å². The highest BCUT2D eigenvalue weighted by atomic mass is 16.6. The van der Waals surface area contributed by atoms with Crippen LogP contribution in [0.5, 0.6) is 0 Å². The zero-order valence-corrected chi connectivity index (χ0v) is 10.5. The minimum atomic E-state index is -0.793. The number of hydrogen-bond acceptors (Lipinski definition) is 4. The number of rotatable bonds is 4. The third-order valence-corrected chi connectivity index (χ3v) is 2.99. The van der Waals surface area contributed by atoms with Crippen LogP contribution in [0.4, 0.5) is 0 Å². The number of hydrogen-bond donors (Lipinski definition) is 0. The first-order chi connectivity index (χ1) is 8.70. The molecule has 0 spiro atoms. The number of ketones is 2. The predicted molar refractivity (Wildman–Crippen MR) is 67.9 cm³/mol. The fourth-order valence-electron chi connectivity index (χ4n) is 2.11. The fourth-order valence-corrected chi connectivity index (χ4v) is 2.11. The van der Waals surface area contributed by atoms with Gasteiger partial charge in [0.15, 0.2) is 11.6 Å². The van der Waals surface area contributed by atoms with Crippen LogP contribution in [0.2, 0.25) is 0 Å². The van der Waals surface area contributed by atoms with E-state index in [2.05, 4.69) is 5.16 Å². The standard InChI is InChI=1S/C14H15NO3/c1-3-11(15-18-4-2)12-13(16)9-7-5-6-8-10(9)14(12)17/h5-8,12H,3-4H2,1-2H3/b15-11-. The molecule has 0 fully saturated rings. The lowest BCUT2D eigenvalue weighted by molar-refractivity contribution is 0.0874. The highest BCUT2D eigenvalue weighted by Gasteiger charge is 2.41. The van der Waals surface area contributed by atoms with Gasteiger partial charge in [-0.05, 0) is 13.3 Å². The minimum absolute atomic E-state index is 0.170. The van der Waals surface area contributed by atoms with Gasteiger partial charge in [-0.25, -0.2) is 0 Å². The molecule has 2 rings (SSSR count). The van der Waals surface area contributed by atoms with Crippen molar-refractivity contribution in [3.63, 3.8) is 0 Å². The monoisotopic (exact) mass is 245 g/mol. The van der Waals surface area contributed by atoms with Gasteiger partial charge in [0.25, 0.3) is 0 Å². The van der Waals surface area contributed by atoms with Crippen LogP contribution in [0.25, 0.3) is 0 Å². The molecule has 0 heterocycles. The lowest BCUT2D eigenvalue weighted by Gasteiger charge is -2.08. The molecule has 1 aliphatic carbocycles. The van der Waals surface area contributed by atoms with Crippen LogP contribution in [0.1, 0.15) is 41.0 Å². The summed E-state index contributed by atoms with van der Waals surface area (Å²) in [5, 5.41) is 3.90. The first kappa shape index (κ1) is 12.5. The normalized spacial score (nSPS) is 16.0.